The molecule has 0 radical (unpaired) electrons. The van der Waals surface area contributed by atoms with Crippen molar-refractivity contribution in [1.29, 1.82) is 0 Å². The molecule has 4 nitrogen and oxygen atoms in total. The summed E-state index contributed by atoms with van der Waals surface area (Å²) in [6.45, 7) is 11.4. The van der Waals surface area contributed by atoms with Gasteiger partial charge >= 0.3 is 5.97 Å². The highest BCUT2D eigenvalue weighted by molar-refractivity contribution is 5.73. The van der Waals surface area contributed by atoms with Crippen molar-refractivity contribution in [2.75, 3.05) is 32.7 Å². The number of hydrogen-bond donors (Lipinski definition) is 1. The average Bonchev–Trinajstić information content (AvgIpc) is 2.26. The highest BCUT2D eigenvalue weighted by Crippen LogP contribution is 2.12. The number of carbonyl (C=O) groups is 1. The van der Waals surface area contributed by atoms with Gasteiger partial charge in [0.25, 0.3) is 0 Å². The zero-order valence-corrected chi connectivity index (χ0v) is 11.4. The number of carboxylic acids is 1. The maximum absolute atomic E-state index is 11.2. The molecule has 4 heteroatoms. The summed E-state index contributed by atoms with van der Waals surface area (Å²) in [5.74, 6) is 0.0247. The minimum Gasteiger partial charge on any atom is -0.480 e. The summed E-state index contributed by atoms with van der Waals surface area (Å²) >= 11 is 0. The normalized spacial score (nSPS) is 20.7. The van der Waals surface area contributed by atoms with Gasteiger partial charge in [0.1, 0.15) is 6.04 Å². The first-order valence-electron chi connectivity index (χ1n) is 6.73. The Bertz CT molecular complexity index is 236. The van der Waals surface area contributed by atoms with E-state index in [1.165, 1.54) is 0 Å². The van der Waals surface area contributed by atoms with Gasteiger partial charge in [-0.05, 0) is 12.3 Å². The van der Waals surface area contributed by atoms with Gasteiger partial charge in [0.15, 0.2) is 0 Å². The minimum absolute atomic E-state index is 0.277. The lowest BCUT2D eigenvalue weighted by atomic mass is 10.1. The first kappa shape index (κ1) is 14.5. The maximum atomic E-state index is 11.2. The van der Waals surface area contributed by atoms with Gasteiger partial charge in [0.05, 0.1) is 0 Å². The second kappa shape index (κ2) is 6.97. The summed E-state index contributed by atoms with van der Waals surface area (Å²) in [7, 11) is 0. The lowest BCUT2D eigenvalue weighted by molar-refractivity contribution is -0.144. The van der Waals surface area contributed by atoms with Crippen LogP contribution in [0.5, 0.6) is 0 Å². The molecule has 0 aromatic carbocycles. The molecule has 100 valence electrons. The highest BCUT2D eigenvalue weighted by atomic mass is 16.4. The zero-order chi connectivity index (χ0) is 12.8. The van der Waals surface area contributed by atoms with Crippen LogP contribution in [0.4, 0.5) is 0 Å². The second-order valence-corrected chi connectivity index (χ2v) is 5.37. The van der Waals surface area contributed by atoms with E-state index >= 15 is 0 Å². The molecular formula is C13H26N2O2. The molecule has 1 fully saturated rings. The Kier molecular flexibility index (Phi) is 5.92. The third-order valence-corrected chi connectivity index (χ3v) is 3.32. The van der Waals surface area contributed by atoms with E-state index in [1.807, 2.05) is 6.92 Å². The number of carboxylic acid groups (broad SMARTS) is 1. The predicted molar refractivity (Wildman–Crippen MR) is 69.2 cm³/mol. The number of rotatable bonds is 6. The van der Waals surface area contributed by atoms with Crippen molar-refractivity contribution in [3.05, 3.63) is 0 Å². The van der Waals surface area contributed by atoms with Crippen molar-refractivity contribution < 1.29 is 9.90 Å². The Morgan fingerprint density at radius 1 is 1.24 bits per heavy atom. The first-order valence-corrected chi connectivity index (χ1v) is 6.73. The smallest absolute Gasteiger partial charge is 0.320 e. The van der Waals surface area contributed by atoms with Crippen molar-refractivity contribution in [3.63, 3.8) is 0 Å². The summed E-state index contributed by atoms with van der Waals surface area (Å²) in [6.07, 6.45) is 1.70. The first-order chi connectivity index (χ1) is 8.04. The minimum atomic E-state index is -0.663. The third kappa shape index (κ3) is 4.64. The number of piperazine rings is 1. The van der Waals surface area contributed by atoms with Gasteiger partial charge in [-0.1, -0.05) is 27.2 Å². The Morgan fingerprint density at radius 2 is 1.82 bits per heavy atom. The molecule has 0 spiro atoms. The molecule has 0 aliphatic carbocycles. The van der Waals surface area contributed by atoms with Crippen molar-refractivity contribution in [2.45, 2.75) is 39.7 Å². The van der Waals surface area contributed by atoms with Crippen LogP contribution in [0.25, 0.3) is 0 Å². The number of nitrogens with zero attached hydrogens (tertiary/aromatic N) is 2. The van der Waals surface area contributed by atoms with E-state index < -0.39 is 5.97 Å². The van der Waals surface area contributed by atoms with Gasteiger partial charge in [0.2, 0.25) is 0 Å². The second-order valence-electron chi connectivity index (χ2n) is 5.37. The standard InChI is InChI=1S/C13H26N2O2/c1-4-5-12(13(16)17)15-8-6-14(7-9-15)10-11(2)3/h11-12H,4-10H2,1-3H3,(H,16,17). The van der Waals surface area contributed by atoms with Gasteiger partial charge in [-0.3, -0.25) is 9.69 Å². The molecule has 0 aromatic rings. The topological polar surface area (TPSA) is 43.8 Å². The highest BCUT2D eigenvalue weighted by Gasteiger charge is 2.27. The SMILES string of the molecule is CCCC(C(=O)O)N1CCN(CC(C)C)CC1. The Labute approximate surface area is 105 Å². The molecule has 1 saturated heterocycles. The maximum Gasteiger partial charge on any atom is 0.320 e. The van der Waals surface area contributed by atoms with Gasteiger partial charge in [-0.25, -0.2) is 0 Å². The van der Waals surface area contributed by atoms with Gasteiger partial charge < -0.3 is 10.0 Å². The summed E-state index contributed by atoms with van der Waals surface area (Å²) in [4.78, 5) is 15.8. The Morgan fingerprint density at radius 3 is 2.24 bits per heavy atom. The Balaban J connectivity index is 2.41. The zero-order valence-electron chi connectivity index (χ0n) is 11.4. The molecule has 17 heavy (non-hydrogen) atoms. The molecule has 0 amide bonds. The summed E-state index contributed by atoms with van der Waals surface area (Å²) in [5, 5.41) is 9.21. The van der Waals surface area contributed by atoms with E-state index in [-0.39, 0.29) is 6.04 Å². The van der Waals surface area contributed by atoms with Crippen LogP contribution in [0.2, 0.25) is 0 Å². The van der Waals surface area contributed by atoms with Crippen LogP contribution >= 0.6 is 0 Å². The van der Waals surface area contributed by atoms with Crippen LogP contribution in [0, 0.1) is 5.92 Å². The van der Waals surface area contributed by atoms with Crippen molar-refractivity contribution >= 4 is 5.97 Å². The summed E-state index contributed by atoms with van der Waals surface area (Å²) in [5.41, 5.74) is 0. The quantitative estimate of drug-likeness (QED) is 0.767. The fourth-order valence-electron chi connectivity index (χ4n) is 2.51. The molecule has 0 bridgehead atoms. The van der Waals surface area contributed by atoms with Crippen molar-refractivity contribution in [1.82, 2.24) is 9.80 Å². The Hall–Kier alpha value is -0.610. The van der Waals surface area contributed by atoms with Crippen LogP contribution in [0.3, 0.4) is 0 Å². The monoisotopic (exact) mass is 242 g/mol. The van der Waals surface area contributed by atoms with Crippen LogP contribution < -0.4 is 0 Å². The van der Waals surface area contributed by atoms with E-state index in [2.05, 4.69) is 23.6 Å². The van der Waals surface area contributed by atoms with Crippen LogP contribution in [-0.4, -0.2) is 59.6 Å². The fraction of sp³-hybridized carbons (Fsp3) is 0.923. The fourth-order valence-corrected chi connectivity index (χ4v) is 2.51. The van der Waals surface area contributed by atoms with Crippen molar-refractivity contribution in [2.24, 2.45) is 5.92 Å². The summed E-state index contributed by atoms with van der Waals surface area (Å²) < 4.78 is 0. The molecule has 1 rings (SSSR count). The molecule has 1 unspecified atom stereocenters. The van der Waals surface area contributed by atoms with E-state index in [1.54, 1.807) is 0 Å². The summed E-state index contributed by atoms with van der Waals surface area (Å²) in [6, 6.07) is -0.277. The van der Waals surface area contributed by atoms with Crippen molar-refractivity contribution in [3.8, 4) is 0 Å². The number of hydrogen-bond acceptors (Lipinski definition) is 3. The van der Waals surface area contributed by atoms with Gasteiger partial charge in [-0.2, -0.15) is 0 Å². The van der Waals surface area contributed by atoms with Crippen LogP contribution in [0.15, 0.2) is 0 Å². The molecule has 1 atom stereocenters. The third-order valence-electron chi connectivity index (χ3n) is 3.32. The van der Waals surface area contributed by atoms with E-state index in [9.17, 15) is 9.90 Å². The molecule has 1 N–H and O–H groups in total. The molecule has 0 aromatic heterocycles. The molecule has 1 heterocycles. The van der Waals surface area contributed by atoms with Gasteiger partial charge in [0, 0.05) is 32.7 Å². The van der Waals surface area contributed by atoms with E-state index in [0.717, 1.165) is 45.6 Å². The lowest BCUT2D eigenvalue weighted by Crippen LogP contribution is -2.53. The van der Waals surface area contributed by atoms with Gasteiger partial charge in [-0.15, -0.1) is 0 Å². The lowest BCUT2D eigenvalue weighted by Gasteiger charge is -2.38. The van der Waals surface area contributed by atoms with E-state index in [0.29, 0.717) is 5.92 Å². The molecular weight excluding hydrogens is 216 g/mol. The molecule has 1 aliphatic heterocycles. The largest absolute Gasteiger partial charge is 0.480 e. The predicted octanol–water partition coefficient (Wildman–Crippen LogP) is 1.51. The van der Waals surface area contributed by atoms with Crippen LogP contribution in [-0.2, 0) is 4.79 Å². The van der Waals surface area contributed by atoms with Crippen LogP contribution in [0.1, 0.15) is 33.6 Å². The average molecular weight is 242 g/mol. The number of aliphatic carboxylic acids is 1. The molecule has 1 aliphatic rings. The van der Waals surface area contributed by atoms with E-state index in [4.69, 9.17) is 0 Å². The molecule has 0 saturated carbocycles.